The molecule has 0 unspecified atom stereocenters. The molecule has 3 aromatic rings. The van der Waals surface area contributed by atoms with Gasteiger partial charge in [-0.05, 0) is 72.8 Å². The quantitative estimate of drug-likeness (QED) is 0.221. The van der Waals surface area contributed by atoms with E-state index in [0.29, 0.717) is 0 Å². The van der Waals surface area contributed by atoms with Gasteiger partial charge in [-0.2, -0.15) is 0 Å². The summed E-state index contributed by atoms with van der Waals surface area (Å²) in [6.45, 7) is 0. The number of phenols is 3. The maximum Gasteiger partial charge on any atom is 0.166 e. The summed E-state index contributed by atoms with van der Waals surface area (Å²) in [4.78, 5) is 3.15. The Bertz CT molecular complexity index is 841. The van der Waals surface area contributed by atoms with Crippen molar-refractivity contribution in [2.24, 2.45) is 0 Å². The molecular formula is C18H15F6O3PS. The Labute approximate surface area is 164 Å². The molecule has 0 amide bonds. The molecule has 0 aliphatic carbocycles. The summed E-state index contributed by atoms with van der Waals surface area (Å²) in [5.41, 5.74) is 0. The zero-order valence-corrected chi connectivity index (χ0v) is 16.1. The topological polar surface area (TPSA) is 60.7 Å². The van der Waals surface area contributed by atoms with Crippen molar-refractivity contribution in [3.63, 3.8) is 0 Å². The van der Waals surface area contributed by atoms with Gasteiger partial charge in [-0.3, -0.25) is 0 Å². The van der Waals surface area contributed by atoms with Crippen LogP contribution in [0.15, 0.2) is 87.5 Å². The van der Waals surface area contributed by atoms with Crippen LogP contribution in [0.5, 0.6) is 17.2 Å². The van der Waals surface area contributed by atoms with E-state index in [1.54, 1.807) is 36.4 Å². The van der Waals surface area contributed by atoms with Crippen LogP contribution in [0.4, 0.5) is 25.2 Å². The second kappa shape index (κ2) is 7.35. The summed E-state index contributed by atoms with van der Waals surface area (Å²) in [6.07, 6.45) is 0. The Hall–Kier alpha value is -2.58. The molecule has 0 atom stereocenters. The second-order valence-corrected chi connectivity index (χ2v) is 9.69. The molecule has 3 rings (SSSR count). The molecule has 0 saturated heterocycles. The van der Waals surface area contributed by atoms with Crippen LogP contribution in [0.2, 0.25) is 0 Å². The zero-order valence-electron chi connectivity index (χ0n) is 14.4. The predicted molar refractivity (Wildman–Crippen MR) is 100 cm³/mol. The van der Waals surface area contributed by atoms with Crippen LogP contribution in [0.1, 0.15) is 0 Å². The standard InChI is InChI=1S/C18H14O3S.F6P/c19-13-1-7-16(8-2-13)22(17-9-3-14(20)4-10-17)18-11-5-15(21)6-12-18;1-7(2,3,4,5)6/h1-12H,(H2-,19,20,21);/q;-1/p+1. The second-order valence-electron chi connectivity index (χ2n) is 5.75. The van der Waals surface area contributed by atoms with Crippen molar-refractivity contribution < 1.29 is 40.5 Å². The van der Waals surface area contributed by atoms with E-state index in [9.17, 15) is 40.5 Å². The third-order valence-corrected chi connectivity index (χ3v) is 5.45. The van der Waals surface area contributed by atoms with Gasteiger partial charge in [0, 0.05) is 0 Å². The predicted octanol–water partition coefficient (Wildman–Crippen LogP) is 7.28. The zero-order chi connectivity index (χ0) is 21.9. The average molecular weight is 456 g/mol. The number of rotatable bonds is 3. The number of hydrogen-bond donors (Lipinski definition) is 3. The monoisotopic (exact) mass is 456 g/mol. The Morgan fingerprint density at radius 3 is 0.793 bits per heavy atom. The van der Waals surface area contributed by atoms with Crippen molar-refractivity contribution in [3.8, 4) is 17.2 Å². The SMILES string of the molecule is F[P-](F)(F)(F)(F)F.Oc1ccc([S+](c2ccc(O)cc2)c2ccc(O)cc2)cc1. The number of benzene rings is 3. The molecule has 0 saturated carbocycles. The molecule has 0 bridgehead atoms. The van der Waals surface area contributed by atoms with Crippen molar-refractivity contribution in [2.45, 2.75) is 14.7 Å². The minimum absolute atomic E-state index is 0.226. The van der Waals surface area contributed by atoms with Crippen molar-refractivity contribution in [1.29, 1.82) is 0 Å². The van der Waals surface area contributed by atoms with E-state index >= 15 is 0 Å². The molecule has 0 spiro atoms. The first-order chi connectivity index (χ1) is 13.1. The normalized spacial score (nSPS) is 13.8. The first-order valence-corrected chi connectivity index (χ1v) is 11.0. The summed E-state index contributed by atoms with van der Waals surface area (Å²) in [5, 5.41) is 28.5. The third kappa shape index (κ3) is 8.97. The van der Waals surface area contributed by atoms with Crippen LogP contribution in [0.25, 0.3) is 0 Å². The number of halogens is 6. The van der Waals surface area contributed by atoms with Crippen molar-refractivity contribution in [1.82, 2.24) is 0 Å². The molecule has 0 heterocycles. The van der Waals surface area contributed by atoms with Gasteiger partial charge in [-0.25, -0.2) is 0 Å². The van der Waals surface area contributed by atoms with Crippen molar-refractivity contribution in [3.05, 3.63) is 72.8 Å². The van der Waals surface area contributed by atoms with E-state index in [-0.39, 0.29) is 28.1 Å². The first-order valence-electron chi connectivity index (χ1n) is 7.76. The van der Waals surface area contributed by atoms with Crippen LogP contribution in [-0.2, 0) is 10.9 Å². The molecule has 158 valence electrons. The van der Waals surface area contributed by atoms with Crippen LogP contribution in [0.3, 0.4) is 0 Å². The minimum atomic E-state index is -10.7. The van der Waals surface area contributed by atoms with Crippen LogP contribution < -0.4 is 0 Å². The summed E-state index contributed by atoms with van der Waals surface area (Å²) < 4.78 is 59.2. The van der Waals surface area contributed by atoms with Gasteiger partial charge in [0.25, 0.3) is 0 Å². The molecule has 0 aliphatic heterocycles. The van der Waals surface area contributed by atoms with Gasteiger partial charge in [-0.1, -0.05) is 0 Å². The molecule has 3 nitrogen and oxygen atoms in total. The van der Waals surface area contributed by atoms with Gasteiger partial charge in [0.1, 0.15) is 17.2 Å². The smallest absolute Gasteiger partial charge is 0.166 e. The van der Waals surface area contributed by atoms with Gasteiger partial charge in [0.15, 0.2) is 14.7 Å². The fraction of sp³-hybridized carbons (Fsp3) is 0. The van der Waals surface area contributed by atoms with Crippen LogP contribution in [0, 0.1) is 0 Å². The molecule has 3 aromatic carbocycles. The first kappa shape index (κ1) is 22.7. The Balaban J connectivity index is 0.000000370. The van der Waals surface area contributed by atoms with Gasteiger partial charge in [-0.15, -0.1) is 0 Å². The Morgan fingerprint density at radius 1 is 0.448 bits per heavy atom. The van der Waals surface area contributed by atoms with Gasteiger partial charge < -0.3 is 15.3 Å². The largest absolute Gasteiger partial charge is 0.508 e. The van der Waals surface area contributed by atoms with E-state index < -0.39 is 7.81 Å². The molecule has 0 aromatic heterocycles. The van der Waals surface area contributed by atoms with Gasteiger partial charge in [0.05, 0.1) is 10.9 Å². The Morgan fingerprint density at radius 2 is 0.621 bits per heavy atom. The number of aromatic hydroxyl groups is 3. The minimum Gasteiger partial charge on any atom is -0.508 e. The molecular weight excluding hydrogens is 441 g/mol. The average Bonchev–Trinajstić information content (AvgIpc) is 2.57. The molecule has 0 fully saturated rings. The molecule has 3 N–H and O–H groups in total. The molecule has 29 heavy (non-hydrogen) atoms. The van der Waals surface area contributed by atoms with E-state index in [4.69, 9.17) is 0 Å². The van der Waals surface area contributed by atoms with E-state index in [1.165, 1.54) is 0 Å². The van der Waals surface area contributed by atoms with E-state index in [1.807, 2.05) is 36.4 Å². The maximum atomic E-state index is 9.87. The number of phenolic OH excluding ortho intramolecular Hbond substituents is 3. The molecule has 0 radical (unpaired) electrons. The maximum absolute atomic E-state index is 10.7. The summed E-state index contributed by atoms with van der Waals surface area (Å²) in [7, 11) is -11.0. The fourth-order valence-electron chi connectivity index (χ4n) is 2.15. The van der Waals surface area contributed by atoms with Crippen molar-refractivity contribution in [2.75, 3.05) is 0 Å². The third-order valence-electron chi connectivity index (χ3n) is 3.22. The summed E-state index contributed by atoms with van der Waals surface area (Å²) in [5.74, 6) is 0.677. The van der Waals surface area contributed by atoms with E-state index in [0.717, 1.165) is 14.7 Å². The van der Waals surface area contributed by atoms with Crippen LogP contribution >= 0.6 is 7.81 Å². The van der Waals surface area contributed by atoms with Crippen LogP contribution in [-0.4, -0.2) is 15.3 Å². The molecule has 0 aliphatic rings. The molecule has 11 heteroatoms. The van der Waals surface area contributed by atoms with Crippen molar-refractivity contribution >= 4 is 18.7 Å². The fourth-order valence-corrected chi connectivity index (χ4v) is 4.20. The number of hydrogen-bond acceptors (Lipinski definition) is 3. The van der Waals surface area contributed by atoms with Gasteiger partial charge >= 0.3 is 33.0 Å². The summed E-state index contributed by atoms with van der Waals surface area (Å²) in [6, 6.07) is 21.3. The summed E-state index contributed by atoms with van der Waals surface area (Å²) >= 11 is 0. The van der Waals surface area contributed by atoms with Gasteiger partial charge in [0.2, 0.25) is 0 Å². The van der Waals surface area contributed by atoms with E-state index in [2.05, 4.69) is 0 Å². The Kier molecular flexibility index (Phi) is 5.75.